The van der Waals surface area contributed by atoms with E-state index in [1.165, 1.54) is 17.5 Å². The van der Waals surface area contributed by atoms with Gasteiger partial charge in [0.25, 0.3) is 0 Å². The number of carbonyl (C=O) groups is 1. The van der Waals surface area contributed by atoms with E-state index in [0.29, 0.717) is 36.0 Å². The number of nitrogens with one attached hydrogen (secondary N) is 1. The number of amides is 1. The normalized spacial score (nSPS) is 11.1. The maximum absolute atomic E-state index is 12.2. The third-order valence-corrected chi connectivity index (χ3v) is 5.80. The highest BCUT2D eigenvalue weighted by Crippen LogP contribution is 2.30. The molecule has 0 saturated carbocycles. The van der Waals surface area contributed by atoms with Gasteiger partial charge in [-0.05, 0) is 49.2 Å². The number of rotatable bonds is 11. The maximum atomic E-state index is 12.2. The van der Waals surface area contributed by atoms with Crippen molar-refractivity contribution >= 4 is 33.2 Å². The van der Waals surface area contributed by atoms with Crippen LogP contribution in [-0.2, 0) is 21.4 Å². The topological polar surface area (TPSA) is 84.9 Å². The molecule has 0 fully saturated rings. The number of ether oxygens (including phenoxy) is 2. The lowest BCUT2D eigenvalue weighted by atomic mass is 10.2. The van der Waals surface area contributed by atoms with Gasteiger partial charge in [0.05, 0.1) is 30.7 Å². The molecule has 2 aromatic rings. The molecule has 0 radical (unpaired) electrons. The molecule has 1 amide bonds. The highest BCUT2D eigenvalue weighted by atomic mass is 35.5. The van der Waals surface area contributed by atoms with Crippen LogP contribution >= 0.6 is 11.6 Å². The lowest BCUT2D eigenvalue weighted by Gasteiger charge is -2.23. The summed E-state index contributed by atoms with van der Waals surface area (Å²) in [7, 11) is -2.04. The Hall–Kier alpha value is -2.45. The molecule has 9 heteroatoms. The molecule has 2 aromatic carbocycles. The van der Waals surface area contributed by atoms with Gasteiger partial charge in [-0.1, -0.05) is 23.7 Å². The van der Waals surface area contributed by atoms with Crippen molar-refractivity contribution in [1.82, 2.24) is 5.32 Å². The molecule has 0 aromatic heterocycles. The van der Waals surface area contributed by atoms with Gasteiger partial charge >= 0.3 is 0 Å². The van der Waals surface area contributed by atoms with E-state index < -0.39 is 10.0 Å². The summed E-state index contributed by atoms with van der Waals surface area (Å²) in [5.74, 6) is 1.10. The molecule has 0 spiro atoms. The summed E-state index contributed by atoms with van der Waals surface area (Å²) in [4.78, 5) is 12.1. The zero-order valence-corrected chi connectivity index (χ0v) is 18.9. The quantitative estimate of drug-likeness (QED) is 0.560. The van der Waals surface area contributed by atoms with Crippen LogP contribution in [0.1, 0.15) is 25.3 Å². The number of halogens is 1. The number of hydrogen-bond acceptors (Lipinski definition) is 5. The van der Waals surface area contributed by atoms with Crippen molar-refractivity contribution in [2.75, 3.05) is 30.8 Å². The molecule has 0 atom stereocenters. The van der Waals surface area contributed by atoms with Crippen LogP contribution in [0.25, 0.3) is 0 Å². The maximum Gasteiger partial charge on any atom is 0.232 e. The lowest BCUT2D eigenvalue weighted by molar-refractivity contribution is -0.121. The summed E-state index contributed by atoms with van der Waals surface area (Å²) in [6.45, 7) is 3.08. The van der Waals surface area contributed by atoms with Gasteiger partial charge in [0.2, 0.25) is 15.9 Å². The van der Waals surface area contributed by atoms with E-state index in [4.69, 9.17) is 21.1 Å². The molecular formula is C21H27ClN2O5S. The molecule has 0 bridgehead atoms. The molecule has 0 aliphatic heterocycles. The van der Waals surface area contributed by atoms with E-state index in [0.717, 1.165) is 17.6 Å². The van der Waals surface area contributed by atoms with Crippen LogP contribution in [0.15, 0.2) is 42.5 Å². The first-order chi connectivity index (χ1) is 14.2. The molecule has 7 nitrogen and oxygen atoms in total. The minimum absolute atomic E-state index is 0.148. The third kappa shape index (κ3) is 7.11. The monoisotopic (exact) mass is 454 g/mol. The number of sulfonamides is 1. The fourth-order valence-corrected chi connectivity index (χ4v) is 4.05. The molecule has 0 aliphatic carbocycles. The minimum Gasteiger partial charge on any atom is -0.495 e. The summed E-state index contributed by atoms with van der Waals surface area (Å²) >= 11 is 6.12. The second-order valence-corrected chi connectivity index (χ2v) is 8.93. The van der Waals surface area contributed by atoms with Crippen molar-refractivity contribution in [2.24, 2.45) is 0 Å². The zero-order valence-electron chi connectivity index (χ0n) is 17.4. The first kappa shape index (κ1) is 23.8. The Morgan fingerprint density at radius 3 is 2.43 bits per heavy atom. The third-order valence-electron chi connectivity index (χ3n) is 4.31. The Morgan fingerprint density at radius 1 is 1.17 bits per heavy atom. The number of methoxy groups -OCH3 is 1. The Morgan fingerprint density at radius 2 is 1.87 bits per heavy atom. The average Bonchev–Trinajstić information content (AvgIpc) is 2.70. The summed E-state index contributed by atoms with van der Waals surface area (Å²) in [6, 6.07) is 12.3. The summed E-state index contributed by atoms with van der Waals surface area (Å²) in [5.41, 5.74) is 1.38. The Bertz CT molecular complexity index is 948. The van der Waals surface area contributed by atoms with Crippen LogP contribution in [0.5, 0.6) is 11.5 Å². The molecule has 30 heavy (non-hydrogen) atoms. The van der Waals surface area contributed by atoms with Gasteiger partial charge in [0.15, 0.2) is 0 Å². The highest BCUT2D eigenvalue weighted by molar-refractivity contribution is 7.92. The van der Waals surface area contributed by atoms with Gasteiger partial charge in [-0.3, -0.25) is 9.10 Å². The first-order valence-electron chi connectivity index (χ1n) is 9.54. The van der Waals surface area contributed by atoms with Gasteiger partial charge in [-0.15, -0.1) is 0 Å². The summed E-state index contributed by atoms with van der Waals surface area (Å²) in [6.07, 6.45) is 1.69. The van der Waals surface area contributed by atoms with Crippen molar-refractivity contribution in [2.45, 2.75) is 26.3 Å². The molecule has 0 heterocycles. The van der Waals surface area contributed by atoms with Crippen molar-refractivity contribution in [3.8, 4) is 11.5 Å². The number of carbonyl (C=O) groups excluding carboxylic acids is 1. The van der Waals surface area contributed by atoms with Gasteiger partial charge < -0.3 is 14.8 Å². The predicted octanol–water partition coefficient (Wildman–Crippen LogP) is 3.61. The van der Waals surface area contributed by atoms with Crippen molar-refractivity contribution in [1.29, 1.82) is 0 Å². The molecule has 0 saturated heterocycles. The van der Waals surface area contributed by atoms with Crippen molar-refractivity contribution < 1.29 is 22.7 Å². The van der Waals surface area contributed by atoms with E-state index in [-0.39, 0.29) is 18.9 Å². The van der Waals surface area contributed by atoms with Crippen LogP contribution in [0.4, 0.5) is 5.69 Å². The fraction of sp³-hybridized carbons (Fsp3) is 0.381. The number of anilines is 1. The highest BCUT2D eigenvalue weighted by Gasteiger charge is 2.19. The fourth-order valence-electron chi connectivity index (χ4n) is 2.84. The van der Waals surface area contributed by atoms with Crippen LogP contribution in [-0.4, -0.2) is 40.8 Å². The molecule has 0 aliphatic rings. The van der Waals surface area contributed by atoms with Crippen molar-refractivity contribution in [3.63, 3.8) is 0 Å². The summed E-state index contributed by atoms with van der Waals surface area (Å²) in [5, 5.41) is 3.16. The molecule has 2 rings (SSSR count). The van der Waals surface area contributed by atoms with Crippen LogP contribution in [0.3, 0.4) is 0 Å². The predicted molar refractivity (Wildman–Crippen MR) is 119 cm³/mol. The smallest absolute Gasteiger partial charge is 0.232 e. The number of hydrogen-bond donors (Lipinski definition) is 1. The van der Waals surface area contributed by atoms with Crippen LogP contribution in [0.2, 0.25) is 5.02 Å². The van der Waals surface area contributed by atoms with E-state index in [2.05, 4.69) is 5.32 Å². The van der Waals surface area contributed by atoms with E-state index in [1.807, 2.05) is 31.2 Å². The molecule has 1 N–H and O–H groups in total. The zero-order chi connectivity index (χ0) is 22.1. The minimum atomic E-state index is -3.53. The van der Waals surface area contributed by atoms with Crippen LogP contribution < -0.4 is 19.1 Å². The van der Waals surface area contributed by atoms with Gasteiger partial charge in [0, 0.05) is 19.5 Å². The Kier molecular flexibility index (Phi) is 8.80. The van der Waals surface area contributed by atoms with Gasteiger partial charge in [-0.25, -0.2) is 8.42 Å². The van der Waals surface area contributed by atoms with E-state index in [1.54, 1.807) is 12.1 Å². The molecular weight excluding hydrogens is 428 g/mol. The number of benzene rings is 2. The standard InChI is InChI=1S/C21H27ClN2O5S/c1-4-29-18-10-7-16(8-11-18)15-23-21(25)6-5-13-24(30(3,26)27)17-9-12-20(28-2)19(22)14-17/h7-12,14H,4-6,13,15H2,1-3H3,(H,23,25). The molecule has 164 valence electrons. The lowest BCUT2D eigenvalue weighted by Crippen LogP contribution is -2.32. The SMILES string of the molecule is CCOc1ccc(CNC(=O)CCCN(c2ccc(OC)c(Cl)c2)S(C)(=O)=O)cc1. The number of nitrogens with zero attached hydrogens (tertiary/aromatic N) is 1. The average molecular weight is 455 g/mol. The Labute approximate surface area is 183 Å². The van der Waals surface area contributed by atoms with E-state index >= 15 is 0 Å². The van der Waals surface area contributed by atoms with Crippen molar-refractivity contribution in [3.05, 3.63) is 53.1 Å². The second kappa shape index (κ2) is 11.1. The van der Waals surface area contributed by atoms with Gasteiger partial charge in [0.1, 0.15) is 11.5 Å². The van der Waals surface area contributed by atoms with E-state index in [9.17, 15) is 13.2 Å². The first-order valence-corrected chi connectivity index (χ1v) is 11.8. The Balaban J connectivity index is 1.88. The summed E-state index contributed by atoms with van der Waals surface area (Å²) < 4.78 is 36.1. The molecule has 0 unspecified atom stereocenters. The second-order valence-electron chi connectivity index (χ2n) is 6.61. The van der Waals surface area contributed by atoms with Crippen LogP contribution in [0, 0.1) is 0 Å². The largest absolute Gasteiger partial charge is 0.495 e. The van der Waals surface area contributed by atoms with Gasteiger partial charge in [-0.2, -0.15) is 0 Å².